The Labute approximate surface area is 103 Å². The van der Waals surface area contributed by atoms with E-state index in [1.165, 1.54) is 14.2 Å². The van der Waals surface area contributed by atoms with Gasteiger partial charge < -0.3 is 19.3 Å². The van der Waals surface area contributed by atoms with Crippen molar-refractivity contribution < 1.29 is 24.1 Å². The number of fused-ring (bicyclic) bond motifs is 2. The number of carbonyl (C=O) groups is 1. The van der Waals surface area contributed by atoms with Gasteiger partial charge in [-0.05, 0) is 0 Å². The standard InChI is InChI=1S/C9H12Cl2O5/c1-14-9(15-2)7(10)3-5(12)8(9,11)4-16-6(7)13/h5,12H,3-4H2,1-2H3/t5-,7+,8+/m1/s1. The molecule has 0 aromatic heterocycles. The van der Waals surface area contributed by atoms with Gasteiger partial charge in [0.05, 0.1) is 6.10 Å². The molecule has 2 bridgehead atoms. The predicted molar refractivity (Wildman–Crippen MR) is 55.5 cm³/mol. The summed E-state index contributed by atoms with van der Waals surface area (Å²) in [7, 11) is 2.66. The van der Waals surface area contributed by atoms with Crippen molar-refractivity contribution in [3.8, 4) is 0 Å². The zero-order valence-electron chi connectivity index (χ0n) is 8.83. The van der Waals surface area contributed by atoms with Crippen LogP contribution < -0.4 is 0 Å². The van der Waals surface area contributed by atoms with E-state index in [1.54, 1.807) is 0 Å². The molecule has 0 radical (unpaired) electrons. The topological polar surface area (TPSA) is 65.0 Å². The monoisotopic (exact) mass is 270 g/mol. The lowest BCUT2D eigenvalue weighted by molar-refractivity contribution is -0.263. The summed E-state index contributed by atoms with van der Waals surface area (Å²) in [5, 5.41) is 9.93. The normalized spacial score (nSPS) is 45.6. The summed E-state index contributed by atoms with van der Waals surface area (Å²) in [6, 6.07) is 0. The second-order valence-corrected chi connectivity index (χ2v) is 5.30. The van der Waals surface area contributed by atoms with Gasteiger partial charge in [0.15, 0.2) is 9.75 Å². The fraction of sp³-hybridized carbons (Fsp3) is 0.889. The maximum Gasteiger partial charge on any atom is 0.333 e. The van der Waals surface area contributed by atoms with Crippen molar-refractivity contribution in [1.29, 1.82) is 0 Å². The lowest BCUT2D eigenvalue weighted by Gasteiger charge is -2.47. The van der Waals surface area contributed by atoms with Gasteiger partial charge in [0, 0.05) is 20.6 Å². The van der Waals surface area contributed by atoms with Crippen LogP contribution in [-0.2, 0) is 19.0 Å². The van der Waals surface area contributed by atoms with Crippen LogP contribution in [0.2, 0.25) is 0 Å². The minimum absolute atomic E-state index is 0.0709. The first-order chi connectivity index (χ1) is 7.38. The highest BCUT2D eigenvalue weighted by molar-refractivity contribution is 6.38. The number of cyclic esters (lactones) is 1. The SMILES string of the molecule is COC1(OC)[C@]2(Cl)C[C@@H](O)[C@@]1(Cl)COC2=O. The smallest absolute Gasteiger partial charge is 0.333 e. The number of halogens is 2. The van der Waals surface area contributed by atoms with E-state index >= 15 is 0 Å². The van der Waals surface area contributed by atoms with E-state index in [-0.39, 0.29) is 13.0 Å². The molecule has 1 saturated heterocycles. The Morgan fingerprint density at radius 1 is 1.44 bits per heavy atom. The zero-order valence-corrected chi connectivity index (χ0v) is 10.3. The molecule has 7 heteroatoms. The van der Waals surface area contributed by atoms with Crippen LogP contribution in [0.3, 0.4) is 0 Å². The van der Waals surface area contributed by atoms with Gasteiger partial charge >= 0.3 is 5.97 Å². The second-order valence-electron chi connectivity index (χ2n) is 3.98. The van der Waals surface area contributed by atoms with E-state index < -0.39 is 27.6 Å². The molecule has 1 N–H and O–H groups in total. The largest absolute Gasteiger partial charge is 0.462 e. The molecular weight excluding hydrogens is 259 g/mol. The zero-order chi connectivity index (χ0) is 12.2. The summed E-state index contributed by atoms with van der Waals surface area (Å²) in [5.41, 5.74) is 0. The molecule has 0 unspecified atom stereocenters. The molecule has 3 atom stereocenters. The third-order valence-corrected chi connectivity index (χ3v) is 4.55. The van der Waals surface area contributed by atoms with E-state index in [9.17, 15) is 9.90 Å². The van der Waals surface area contributed by atoms with Crippen molar-refractivity contribution in [3.05, 3.63) is 0 Å². The molecule has 0 spiro atoms. The van der Waals surface area contributed by atoms with Gasteiger partial charge in [-0.25, -0.2) is 4.79 Å². The number of ether oxygens (including phenoxy) is 3. The van der Waals surface area contributed by atoms with Crippen LogP contribution in [0.15, 0.2) is 0 Å². The van der Waals surface area contributed by atoms with Crippen molar-refractivity contribution in [1.82, 2.24) is 0 Å². The average molecular weight is 271 g/mol. The summed E-state index contributed by atoms with van der Waals surface area (Å²) < 4.78 is 15.3. The Kier molecular flexibility index (Phi) is 2.68. The Bertz CT molecular complexity index is 332. The average Bonchev–Trinajstić information content (AvgIpc) is 2.36. The summed E-state index contributed by atoms with van der Waals surface area (Å²) in [6.45, 7) is -0.204. The first-order valence-electron chi connectivity index (χ1n) is 4.71. The first-order valence-corrected chi connectivity index (χ1v) is 5.47. The molecule has 0 amide bonds. The van der Waals surface area contributed by atoms with Gasteiger partial charge in [-0.15, -0.1) is 23.2 Å². The van der Waals surface area contributed by atoms with E-state index in [4.69, 9.17) is 37.4 Å². The number of hydrogen-bond donors (Lipinski definition) is 1. The fourth-order valence-corrected chi connectivity index (χ4v) is 3.57. The molecule has 2 aliphatic rings. The Morgan fingerprint density at radius 2 is 2.00 bits per heavy atom. The van der Waals surface area contributed by atoms with Gasteiger partial charge in [0.1, 0.15) is 6.61 Å². The Morgan fingerprint density at radius 3 is 2.44 bits per heavy atom. The lowest BCUT2D eigenvalue weighted by Crippen LogP contribution is -2.69. The van der Waals surface area contributed by atoms with Crippen LogP contribution in [0.5, 0.6) is 0 Å². The fourth-order valence-electron chi connectivity index (χ4n) is 2.55. The van der Waals surface area contributed by atoms with Crippen LogP contribution in [0.1, 0.15) is 6.42 Å². The number of carbonyl (C=O) groups excluding carboxylic acids is 1. The summed E-state index contributed by atoms with van der Waals surface area (Å²) in [4.78, 5) is 8.71. The van der Waals surface area contributed by atoms with Crippen LogP contribution in [0, 0.1) is 0 Å². The highest BCUT2D eigenvalue weighted by Gasteiger charge is 2.80. The summed E-state index contributed by atoms with van der Waals surface area (Å²) in [6.07, 6.45) is -1.11. The third kappa shape index (κ3) is 1.06. The molecule has 1 heterocycles. The molecule has 2 fully saturated rings. The van der Waals surface area contributed by atoms with Crippen molar-refractivity contribution in [2.75, 3.05) is 20.8 Å². The lowest BCUT2D eigenvalue weighted by atomic mass is 9.91. The maximum absolute atomic E-state index is 11.7. The summed E-state index contributed by atoms with van der Waals surface area (Å²) >= 11 is 12.5. The number of aliphatic hydroxyl groups is 1. The molecule has 1 aliphatic heterocycles. The van der Waals surface area contributed by atoms with Crippen LogP contribution in [-0.4, -0.2) is 53.5 Å². The third-order valence-electron chi connectivity index (χ3n) is 3.38. The quantitative estimate of drug-likeness (QED) is 0.443. The highest BCUT2D eigenvalue weighted by atomic mass is 35.5. The summed E-state index contributed by atoms with van der Waals surface area (Å²) in [5.74, 6) is -2.27. The molecule has 1 aliphatic carbocycles. The van der Waals surface area contributed by atoms with Gasteiger partial charge in [-0.3, -0.25) is 0 Å². The molecule has 16 heavy (non-hydrogen) atoms. The van der Waals surface area contributed by atoms with E-state index in [1.807, 2.05) is 0 Å². The van der Waals surface area contributed by atoms with Crippen LogP contribution >= 0.6 is 23.2 Å². The first kappa shape index (κ1) is 12.4. The Balaban J connectivity index is 2.61. The number of hydrogen-bond acceptors (Lipinski definition) is 5. The van der Waals surface area contributed by atoms with Crippen molar-refractivity contribution in [2.24, 2.45) is 0 Å². The van der Waals surface area contributed by atoms with Crippen LogP contribution in [0.4, 0.5) is 0 Å². The molecule has 1 saturated carbocycles. The number of rotatable bonds is 2. The molecular formula is C9H12Cl2O5. The minimum Gasteiger partial charge on any atom is -0.462 e. The minimum atomic E-state index is -1.62. The highest BCUT2D eigenvalue weighted by Crippen LogP contribution is 2.59. The van der Waals surface area contributed by atoms with E-state index in [2.05, 4.69) is 0 Å². The number of esters is 1. The Hall–Kier alpha value is -0.0700. The number of alkyl halides is 2. The number of methoxy groups -OCH3 is 2. The van der Waals surface area contributed by atoms with E-state index in [0.29, 0.717) is 0 Å². The molecule has 5 nitrogen and oxygen atoms in total. The van der Waals surface area contributed by atoms with E-state index in [0.717, 1.165) is 0 Å². The maximum atomic E-state index is 11.7. The van der Waals surface area contributed by atoms with Crippen molar-refractivity contribution in [3.63, 3.8) is 0 Å². The van der Waals surface area contributed by atoms with Gasteiger partial charge in [-0.2, -0.15) is 0 Å². The van der Waals surface area contributed by atoms with Crippen molar-refractivity contribution in [2.45, 2.75) is 28.1 Å². The predicted octanol–water partition coefficient (Wildman–Crippen LogP) is 0.252. The molecule has 92 valence electrons. The second kappa shape index (κ2) is 3.46. The molecule has 2 rings (SSSR count). The van der Waals surface area contributed by atoms with Gasteiger partial charge in [0.25, 0.3) is 0 Å². The van der Waals surface area contributed by atoms with Gasteiger partial charge in [-0.1, -0.05) is 0 Å². The van der Waals surface area contributed by atoms with Gasteiger partial charge in [0.2, 0.25) is 5.79 Å². The van der Waals surface area contributed by atoms with Crippen LogP contribution in [0.25, 0.3) is 0 Å². The van der Waals surface area contributed by atoms with Crippen molar-refractivity contribution >= 4 is 29.2 Å². The number of aliphatic hydroxyl groups excluding tert-OH is 1. The molecule has 0 aromatic carbocycles. The molecule has 0 aromatic rings.